The maximum absolute atomic E-state index is 13.2. The summed E-state index contributed by atoms with van der Waals surface area (Å²) in [6.07, 6.45) is 0. The molecular formula is C23H22N2O6. The van der Waals surface area contributed by atoms with Crippen molar-refractivity contribution in [2.45, 2.75) is 12.8 Å². The lowest BCUT2D eigenvalue weighted by Gasteiger charge is -2.29. The summed E-state index contributed by atoms with van der Waals surface area (Å²) >= 11 is 0. The fraction of sp³-hybridized carbons (Fsp3) is 0.217. The molecule has 0 bridgehead atoms. The smallest absolute Gasteiger partial charge is 0.340 e. The molecule has 0 amide bonds. The van der Waals surface area contributed by atoms with Crippen LogP contribution in [0.4, 0.5) is 0 Å². The molecule has 0 saturated heterocycles. The van der Waals surface area contributed by atoms with Crippen LogP contribution in [0.1, 0.15) is 24.0 Å². The predicted molar refractivity (Wildman–Crippen MR) is 114 cm³/mol. The fourth-order valence-corrected chi connectivity index (χ4v) is 3.85. The summed E-state index contributed by atoms with van der Waals surface area (Å²) in [5, 5.41) is 0.667. The van der Waals surface area contributed by atoms with Crippen LogP contribution in [0.25, 0.3) is 10.9 Å². The minimum atomic E-state index is -0.864. The first-order chi connectivity index (χ1) is 15.0. The summed E-state index contributed by atoms with van der Waals surface area (Å²) in [6.45, 7) is 1.83. The van der Waals surface area contributed by atoms with Gasteiger partial charge in [-0.1, -0.05) is 18.2 Å². The topological polar surface area (TPSA) is 113 Å². The van der Waals surface area contributed by atoms with Gasteiger partial charge in [0.05, 0.1) is 37.8 Å². The number of rotatable bonds is 5. The van der Waals surface area contributed by atoms with Gasteiger partial charge >= 0.3 is 5.97 Å². The average Bonchev–Trinajstić information content (AvgIpc) is 2.78. The summed E-state index contributed by atoms with van der Waals surface area (Å²) in [5.41, 5.74) is 7.26. The third-order valence-electron chi connectivity index (χ3n) is 5.21. The van der Waals surface area contributed by atoms with E-state index in [1.807, 2.05) is 12.1 Å². The Morgan fingerprint density at radius 3 is 2.65 bits per heavy atom. The Hall–Kier alpha value is -3.94. The van der Waals surface area contributed by atoms with Crippen molar-refractivity contribution in [3.05, 3.63) is 75.4 Å². The zero-order valence-electron chi connectivity index (χ0n) is 17.4. The molecule has 2 aromatic carbocycles. The highest BCUT2D eigenvalue weighted by Crippen LogP contribution is 2.46. The number of methoxy groups -OCH3 is 2. The van der Waals surface area contributed by atoms with E-state index < -0.39 is 17.4 Å². The zero-order valence-corrected chi connectivity index (χ0v) is 17.4. The number of ether oxygens (including phenoxy) is 4. The lowest BCUT2D eigenvalue weighted by atomic mass is 9.82. The van der Waals surface area contributed by atoms with Crippen molar-refractivity contribution < 1.29 is 23.7 Å². The van der Waals surface area contributed by atoms with Gasteiger partial charge in [0.2, 0.25) is 5.88 Å². The molecule has 1 aliphatic heterocycles. The Bertz CT molecular complexity index is 1260. The molecular weight excluding hydrogens is 400 g/mol. The van der Waals surface area contributed by atoms with Crippen molar-refractivity contribution >= 4 is 16.9 Å². The van der Waals surface area contributed by atoms with Crippen molar-refractivity contribution in [2.75, 3.05) is 20.8 Å². The van der Waals surface area contributed by atoms with Crippen molar-refractivity contribution in [1.82, 2.24) is 4.98 Å². The van der Waals surface area contributed by atoms with Crippen LogP contribution in [-0.2, 0) is 9.53 Å². The van der Waals surface area contributed by atoms with Gasteiger partial charge in [0.1, 0.15) is 22.8 Å². The number of fused-ring (bicyclic) bond motifs is 3. The molecule has 160 valence electrons. The maximum atomic E-state index is 13.2. The van der Waals surface area contributed by atoms with Gasteiger partial charge in [-0.3, -0.25) is 4.79 Å². The fourth-order valence-electron chi connectivity index (χ4n) is 3.85. The molecule has 0 fully saturated rings. The number of nitrogens with one attached hydrogen (secondary N) is 1. The molecule has 0 spiro atoms. The van der Waals surface area contributed by atoms with E-state index in [1.165, 1.54) is 14.2 Å². The van der Waals surface area contributed by atoms with E-state index in [0.717, 1.165) is 0 Å². The summed E-state index contributed by atoms with van der Waals surface area (Å²) in [6, 6.07) is 12.4. The molecule has 1 atom stereocenters. The van der Waals surface area contributed by atoms with E-state index >= 15 is 0 Å². The van der Waals surface area contributed by atoms with Gasteiger partial charge in [-0.2, -0.15) is 0 Å². The second kappa shape index (κ2) is 8.06. The van der Waals surface area contributed by atoms with Crippen LogP contribution in [0.3, 0.4) is 0 Å². The normalized spacial score (nSPS) is 15.3. The highest BCUT2D eigenvalue weighted by Gasteiger charge is 2.40. The molecule has 0 saturated carbocycles. The first-order valence-corrected chi connectivity index (χ1v) is 9.71. The number of hydrogen-bond acceptors (Lipinski definition) is 7. The van der Waals surface area contributed by atoms with Crippen molar-refractivity contribution in [2.24, 2.45) is 5.73 Å². The lowest BCUT2D eigenvalue weighted by Crippen LogP contribution is -2.32. The first-order valence-electron chi connectivity index (χ1n) is 9.71. The van der Waals surface area contributed by atoms with Crippen molar-refractivity contribution in [3.8, 4) is 17.2 Å². The van der Waals surface area contributed by atoms with E-state index in [2.05, 4.69) is 4.98 Å². The molecule has 0 aliphatic carbocycles. The summed E-state index contributed by atoms with van der Waals surface area (Å²) in [7, 11) is 3.04. The minimum Gasteiger partial charge on any atom is -0.497 e. The number of carbonyl (C=O) groups is 1. The number of aromatic nitrogens is 1. The van der Waals surface area contributed by atoms with E-state index in [1.54, 1.807) is 37.3 Å². The van der Waals surface area contributed by atoms with Gasteiger partial charge in [0.15, 0.2) is 0 Å². The predicted octanol–water partition coefficient (Wildman–Crippen LogP) is 2.80. The Morgan fingerprint density at radius 2 is 1.94 bits per heavy atom. The molecule has 3 N–H and O–H groups in total. The highest BCUT2D eigenvalue weighted by molar-refractivity contribution is 5.95. The minimum absolute atomic E-state index is 0.0404. The third kappa shape index (κ3) is 3.35. The number of benzene rings is 2. The summed E-state index contributed by atoms with van der Waals surface area (Å²) < 4.78 is 21.9. The van der Waals surface area contributed by atoms with E-state index in [4.69, 9.17) is 24.7 Å². The number of aromatic amines is 1. The van der Waals surface area contributed by atoms with Crippen LogP contribution in [0.5, 0.6) is 17.2 Å². The molecule has 8 nitrogen and oxygen atoms in total. The number of hydrogen-bond donors (Lipinski definition) is 2. The van der Waals surface area contributed by atoms with Gasteiger partial charge in [-0.05, 0) is 25.1 Å². The quantitative estimate of drug-likeness (QED) is 0.608. The van der Waals surface area contributed by atoms with Crippen LogP contribution >= 0.6 is 0 Å². The number of nitrogens with two attached hydrogens (primary N) is 1. The first kappa shape index (κ1) is 20.3. The van der Waals surface area contributed by atoms with Gasteiger partial charge in [0.25, 0.3) is 5.56 Å². The molecule has 8 heteroatoms. The highest BCUT2D eigenvalue weighted by atomic mass is 16.5. The van der Waals surface area contributed by atoms with Crippen LogP contribution in [-0.4, -0.2) is 31.8 Å². The number of carbonyl (C=O) groups excluding carboxylic acids is 1. The lowest BCUT2D eigenvalue weighted by molar-refractivity contribution is -0.139. The van der Waals surface area contributed by atoms with Crippen molar-refractivity contribution in [1.29, 1.82) is 0 Å². The molecule has 31 heavy (non-hydrogen) atoms. The van der Waals surface area contributed by atoms with Crippen molar-refractivity contribution in [3.63, 3.8) is 0 Å². The summed E-state index contributed by atoms with van der Waals surface area (Å²) in [5.74, 6) is -0.357. The SMILES string of the molecule is CCOC(=O)C1=C(N)Oc2c(c(=O)[nH]c3ccccc23)[C@@H]1c1ccc(OC)cc1OC. The standard InChI is InChI=1S/C23H22N2O6/c1-4-30-23(27)19-17(14-10-9-12(28-2)11-16(14)29-3)18-20(31-21(19)24)13-7-5-6-8-15(13)25-22(18)26/h5-11,17H,4,24H2,1-3H3,(H,25,26)/t17-/m0/s1. The second-order valence-corrected chi connectivity index (χ2v) is 6.88. The Morgan fingerprint density at radius 1 is 1.16 bits per heavy atom. The molecule has 3 aromatic rings. The molecule has 1 aromatic heterocycles. The van der Waals surface area contributed by atoms with Crippen LogP contribution < -0.4 is 25.5 Å². The molecule has 0 radical (unpaired) electrons. The third-order valence-corrected chi connectivity index (χ3v) is 5.21. The molecule has 4 rings (SSSR count). The number of H-pyrrole nitrogens is 1. The maximum Gasteiger partial charge on any atom is 0.340 e. The van der Waals surface area contributed by atoms with Crippen LogP contribution in [0, 0.1) is 0 Å². The van der Waals surface area contributed by atoms with E-state index in [0.29, 0.717) is 33.7 Å². The molecule has 0 unspecified atom stereocenters. The zero-order chi connectivity index (χ0) is 22.1. The average molecular weight is 422 g/mol. The second-order valence-electron chi connectivity index (χ2n) is 6.88. The largest absolute Gasteiger partial charge is 0.497 e. The number of esters is 1. The van der Waals surface area contributed by atoms with E-state index in [-0.39, 0.29) is 23.6 Å². The van der Waals surface area contributed by atoms with Gasteiger partial charge < -0.3 is 29.7 Å². The number of para-hydroxylation sites is 1. The Kier molecular flexibility index (Phi) is 5.29. The molecule has 2 heterocycles. The van der Waals surface area contributed by atoms with Crippen LogP contribution in [0.2, 0.25) is 0 Å². The van der Waals surface area contributed by atoms with Gasteiger partial charge in [-0.15, -0.1) is 0 Å². The summed E-state index contributed by atoms with van der Waals surface area (Å²) in [4.78, 5) is 28.9. The van der Waals surface area contributed by atoms with Gasteiger partial charge in [-0.25, -0.2) is 4.79 Å². The number of pyridine rings is 1. The van der Waals surface area contributed by atoms with E-state index in [9.17, 15) is 9.59 Å². The Balaban J connectivity index is 2.06. The van der Waals surface area contributed by atoms with Crippen LogP contribution in [0.15, 0.2) is 58.7 Å². The monoisotopic (exact) mass is 422 g/mol. The van der Waals surface area contributed by atoms with Gasteiger partial charge in [0, 0.05) is 17.0 Å². The molecule has 1 aliphatic rings. The Labute approximate surface area is 178 Å².